The first kappa shape index (κ1) is 13.3. The Balaban J connectivity index is 2.72. The normalized spacial score (nSPS) is 21.9. The summed E-state index contributed by atoms with van der Waals surface area (Å²) >= 11 is 0. The minimum atomic E-state index is -3.52. The molecule has 1 heterocycles. The largest absolute Gasteiger partial charge is 0.224 e. The molecule has 0 unspecified atom stereocenters. The third-order valence-electron chi connectivity index (χ3n) is 2.87. The Morgan fingerprint density at radius 2 is 1.67 bits per heavy atom. The average molecular weight is 286 g/mol. The van der Waals surface area contributed by atoms with Gasteiger partial charge in [-0.3, -0.25) is 0 Å². The fraction of sp³-hybridized carbons (Fsp3) is 0.333. The Hall–Kier alpha value is -1.14. The van der Waals surface area contributed by atoms with Crippen molar-refractivity contribution < 1.29 is 16.8 Å². The van der Waals surface area contributed by atoms with Gasteiger partial charge in [0, 0.05) is 5.41 Å². The van der Waals surface area contributed by atoms with E-state index >= 15 is 0 Å². The van der Waals surface area contributed by atoms with Gasteiger partial charge in [0.25, 0.3) is 0 Å². The lowest BCUT2D eigenvalue weighted by molar-refractivity contribution is 0.602. The zero-order valence-electron chi connectivity index (χ0n) is 9.96. The molecule has 0 bridgehead atoms. The van der Waals surface area contributed by atoms with Crippen LogP contribution in [0.1, 0.15) is 17.5 Å². The van der Waals surface area contributed by atoms with Crippen molar-refractivity contribution in [3.8, 4) is 0 Å². The predicted molar refractivity (Wildman–Crippen MR) is 71.3 cm³/mol. The van der Waals surface area contributed by atoms with Gasteiger partial charge < -0.3 is 0 Å². The molecule has 0 N–H and O–H groups in total. The van der Waals surface area contributed by atoms with Gasteiger partial charge in [-0.2, -0.15) is 0 Å². The maximum atomic E-state index is 12.1. The Bertz CT molecular complexity index is 697. The Morgan fingerprint density at radius 3 is 2.33 bits per heavy atom. The molecule has 0 spiro atoms. The second-order valence-electron chi connectivity index (χ2n) is 4.34. The monoisotopic (exact) mass is 286 g/mol. The summed E-state index contributed by atoms with van der Waals surface area (Å²) < 4.78 is 47.6. The first-order valence-electron chi connectivity index (χ1n) is 5.55. The van der Waals surface area contributed by atoms with Gasteiger partial charge in [0.1, 0.15) is 0 Å². The van der Waals surface area contributed by atoms with Crippen LogP contribution in [0.2, 0.25) is 0 Å². The molecular formula is C12H14O4S2. The minimum Gasteiger partial charge on any atom is -0.224 e. The lowest BCUT2D eigenvalue weighted by Crippen LogP contribution is -2.08. The molecule has 1 aliphatic rings. The summed E-state index contributed by atoms with van der Waals surface area (Å²) in [5.74, 6) is -0.228. The summed E-state index contributed by atoms with van der Waals surface area (Å²) in [6.45, 7) is 1.77. The second kappa shape index (κ2) is 4.51. The lowest BCUT2D eigenvalue weighted by Gasteiger charge is -2.09. The van der Waals surface area contributed by atoms with Crippen molar-refractivity contribution >= 4 is 24.6 Å². The molecule has 0 fully saturated rings. The topological polar surface area (TPSA) is 68.3 Å². The van der Waals surface area contributed by atoms with Crippen LogP contribution in [-0.4, -0.2) is 28.3 Å². The highest BCUT2D eigenvalue weighted by molar-refractivity contribution is 8.03. The van der Waals surface area contributed by atoms with Crippen molar-refractivity contribution in [1.82, 2.24) is 0 Å². The van der Waals surface area contributed by atoms with Gasteiger partial charge in [-0.25, -0.2) is 16.8 Å². The average Bonchev–Trinajstić information content (AvgIpc) is 2.36. The van der Waals surface area contributed by atoms with E-state index in [9.17, 15) is 16.8 Å². The van der Waals surface area contributed by atoms with Gasteiger partial charge in [-0.05, 0) is 24.5 Å². The van der Waals surface area contributed by atoms with Crippen molar-refractivity contribution in [2.45, 2.75) is 13.3 Å². The summed E-state index contributed by atoms with van der Waals surface area (Å²) in [4.78, 5) is -0.0712. The Kier molecular flexibility index (Phi) is 3.33. The molecule has 1 aromatic rings. The summed E-state index contributed by atoms with van der Waals surface area (Å²) in [6, 6.07) is 6.90. The summed E-state index contributed by atoms with van der Waals surface area (Å²) in [5.41, 5.74) is 1.23. The van der Waals surface area contributed by atoms with E-state index in [4.69, 9.17) is 0 Å². The van der Waals surface area contributed by atoms with Crippen molar-refractivity contribution in [2.75, 3.05) is 11.5 Å². The second-order valence-corrected chi connectivity index (χ2v) is 8.38. The summed E-state index contributed by atoms with van der Waals surface area (Å²) in [6.07, 6.45) is 0.149. The van der Waals surface area contributed by atoms with Crippen molar-refractivity contribution in [2.24, 2.45) is 0 Å². The Morgan fingerprint density at radius 1 is 1.00 bits per heavy atom. The molecule has 0 saturated carbocycles. The van der Waals surface area contributed by atoms with Gasteiger partial charge in [0.05, 0.1) is 16.4 Å². The summed E-state index contributed by atoms with van der Waals surface area (Å²) in [5, 5.41) is 0.914. The highest BCUT2D eigenvalue weighted by Crippen LogP contribution is 2.28. The molecule has 1 aliphatic heterocycles. The maximum absolute atomic E-state index is 12.1. The zero-order chi connectivity index (χ0) is 13.4. The number of rotatable bonds is 1. The number of benzene rings is 1. The van der Waals surface area contributed by atoms with Crippen LogP contribution in [0.5, 0.6) is 0 Å². The third-order valence-corrected chi connectivity index (χ3v) is 6.31. The van der Waals surface area contributed by atoms with E-state index in [1.54, 1.807) is 31.2 Å². The van der Waals surface area contributed by atoms with E-state index in [-0.39, 0.29) is 22.8 Å². The standard InChI is InChI=1S/C12H14O4S2/c1-10-5-2-3-6-11(10)12-9-17(13,14)7-4-8-18(12,15)16/h2-3,5-6,9H,4,7-8H2,1H3. The minimum absolute atomic E-state index is 0.0712. The Labute approximate surface area is 107 Å². The molecule has 98 valence electrons. The number of aryl methyl sites for hydroxylation is 1. The van der Waals surface area contributed by atoms with E-state index in [1.165, 1.54) is 0 Å². The number of sulfone groups is 2. The molecule has 1 aromatic carbocycles. The van der Waals surface area contributed by atoms with Crippen LogP contribution >= 0.6 is 0 Å². The van der Waals surface area contributed by atoms with Crippen LogP contribution in [0.3, 0.4) is 0 Å². The van der Waals surface area contributed by atoms with E-state index in [2.05, 4.69) is 0 Å². The van der Waals surface area contributed by atoms with Gasteiger partial charge in [0.15, 0.2) is 19.7 Å². The zero-order valence-corrected chi connectivity index (χ0v) is 11.6. The smallest absolute Gasteiger partial charge is 0.179 e. The first-order valence-corrected chi connectivity index (χ1v) is 8.92. The quantitative estimate of drug-likeness (QED) is 0.785. The molecule has 4 nitrogen and oxygen atoms in total. The van der Waals surface area contributed by atoms with Crippen molar-refractivity contribution in [1.29, 1.82) is 0 Å². The van der Waals surface area contributed by atoms with Gasteiger partial charge in [-0.1, -0.05) is 24.3 Å². The van der Waals surface area contributed by atoms with E-state index in [0.29, 0.717) is 5.56 Å². The molecule has 0 radical (unpaired) electrons. The molecule has 0 amide bonds. The predicted octanol–water partition coefficient (Wildman–Crippen LogP) is 1.53. The molecule has 0 aromatic heterocycles. The van der Waals surface area contributed by atoms with Crippen molar-refractivity contribution in [3.63, 3.8) is 0 Å². The van der Waals surface area contributed by atoms with Crippen LogP contribution in [0, 0.1) is 6.92 Å². The highest BCUT2D eigenvalue weighted by atomic mass is 32.2. The molecule has 0 aliphatic carbocycles. The summed E-state index contributed by atoms with van der Waals surface area (Å²) in [7, 11) is -6.97. The van der Waals surface area contributed by atoms with Gasteiger partial charge >= 0.3 is 0 Å². The molecule has 0 atom stereocenters. The molecular weight excluding hydrogens is 272 g/mol. The number of hydrogen-bond donors (Lipinski definition) is 0. The van der Waals surface area contributed by atoms with Crippen molar-refractivity contribution in [3.05, 3.63) is 40.8 Å². The van der Waals surface area contributed by atoms with Crippen LogP contribution in [-0.2, 0) is 19.7 Å². The third kappa shape index (κ3) is 2.64. The molecule has 0 saturated heterocycles. The first-order chi connectivity index (χ1) is 8.32. The van der Waals surface area contributed by atoms with E-state index in [1.807, 2.05) is 0 Å². The fourth-order valence-corrected chi connectivity index (χ4v) is 5.57. The van der Waals surface area contributed by atoms with E-state index in [0.717, 1.165) is 11.0 Å². The molecule has 2 rings (SSSR count). The van der Waals surface area contributed by atoms with E-state index < -0.39 is 19.7 Å². The number of hydrogen-bond acceptors (Lipinski definition) is 4. The van der Waals surface area contributed by atoms with Crippen LogP contribution in [0.4, 0.5) is 0 Å². The van der Waals surface area contributed by atoms with Gasteiger partial charge in [0.2, 0.25) is 0 Å². The molecule has 18 heavy (non-hydrogen) atoms. The van der Waals surface area contributed by atoms with Gasteiger partial charge in [-0.15, -0.1) is 0 Å². The maximum Gasteiger partial charge on any atom is 0.179 e. The molecule has 6 heteroatoms. The van der Waals surface area contributed by atoms with Crippen LogP contribution in [0.15, 0.2) is 29.7 Å². The highest BCUT2D eigenvalue weighted by Gasteiger charge is 2.27. The SMILES string of the molecule is Cc1ccccc1C1=CS(=O)(=O)CCCS1(=O)=O. The van der Waals surface area contributed by atoms with Crippen LogP contribution < -0.4 is 0 Å². The van der Waals surface area contributed by atoms with Crippen LogP contribution in [0.25, 0.3) is 4.91 Å². The fourth-order valence-electron chi connectivity index (χ4n) is 1.94. The lowest BCUT2D eigenvalue weighted by atomic mass is 10.1.